The molecule has 1 amide bonds. The monoisotopic (exact) mass is 399 g/mol. The minimum atomic E-state index is 0. The van der Waals surface area contributed by atoms with Crippen LogP contribution in [-0.4, -0.2) is 43.0 Å². The van der Waals surface area contributed by atoms with E-state index in [-0.39, 0.29) is 24.8 Å². The molecule has 1 saturated carbocycles. The lowest BCUT2D eigenvalue weighted by Gasteiger charge is -2.32. The van der Waals surface area contributed by atoms with Crippen molar-refractivity contribution >= 4 is 30.7 Å². The van der Waals surface area contributed by atoms with E-state index in [0.29, 0.717) is 23.3 Å². The van der Waals surface area contributed by atoms with Crippen LogP contribution in [0.3, 0.4) is 0 Å². The summed E-state index contributed by atoms with van der Waals surface area (Å²) in [5.41, 5.74) is 1.73. The molecule has 2 saturated heterocycles. The first kappa shape index (κ1) is 21.5. The van der Waals surface area contributed by atoms with E-state index < -0.39 is 0 Å². The second-order valence-corrected chi connectivity index (χ2v) is 7.91. The number of hydrogen-bond acceptors (Lipinski definition) is 3. The van der Waals surface area contributed by atoms with Gasteiger partial charge in [0, 0.05) is 31.6 Å². The molecule has 1 aliphatic carbocycles. The molecule has 0 radical (unpaired) electrons. The number of carbonyl (C=O) groups is 1. The summed E-state index contributed by atoms with van der Waals surface area (Å²) in [6, 6.07) is 11.0. The minimum absolute atomic E-state index is 0. The molecule has 6 heteroatoms. The molecule has 4 nitrogen and oxygen atoms in total. The van der Waals surface area contributed by atoms with Crippen LogP contribution < -0.4 is 10.6 Å². The Morgan fingerprint density at radius 1 is 1.12 bits per heavy atom. The van der Waals surface area contributed by atoms with Gasteiger partial charge in [-0.15, -0.1) is 24.8 Å². The molecular weight excluding hydrogens is 369 g/mol. The van der Waals surface area contributed by atoms with Crippen LogP contribution in [0.4, 0.5) is 0 Å². The van der Waals surface area contributed by atoms with E-state index >= 15 is 0 Å². The van der Waals surface area contributed by atoms with Crippen LogP contribution in [0.25, 0.3) is 0 Å². The molecule has 146 valence electrons. The molecule has 2 N–H and O–H groups in total. The zero-order valence-corrected chi connectivity index (χ0v) is 16.9. The average molecular weight is 400 g/mol. The molecule has 1 atom stereocenters. The van der Waals surface area contributed by atoms with Crippen LogP contribution in [0, 0.1) is 11.3 Å². The highest BCUT2D eigenvalue weighted by molar-refractivity contribution is 5.85. The van der Waals surface area contributed by atoms with Gasteiger partial charge in [-0.3, -0.25) is 9.69 Å². The summed E-state index contributed by atoms with van der Waals surface area (Å²) in [6.45, 7) is 5.36. The largest absolute Gasteiger partial charge is 0.353 e. The van der Waals surface area contributed by atoms with Gasteiger partial charge in [0.1, 0.15) is 0 Å². The van der Waals surface area contributed by atoms with Gasteiger partial charge in [0.05, 0.1) is 0 Å². The lowest BCUT2D eigenvalue weighted by molar-refractivity contribution is -0.124. The van der Waals surface area contributed by atoms with Crippen molar-refractivity contribution in [1.29, 1.82) is 0 Å². The Morgan fingerprint density at radius 3 is 2.42 bits per heavy atom. The fraction of sp³-hybridized carbons (Fsp3) is 0.650. The van der Waals surface area contributed by atoms with Crippen LogP contribution >= 0.6 is 24.8 Å². The first-order valence-electron chi connectivity index (χ1n) is 9.53. The molecule has 1 spiro atoms. The molecule has 0 aromatic heterocycles. The van der Waals surface area contributed by atoms with Crippen LogP contribution in [-0.2, 0) is 11.3 Å². The highest BCUT2D eigenvalue weighted by Crippen LogP contribution is 2.58. The minimum Gasteiger partial charge on any atom is -0.353 e. The summed E-state index contributed by atoms with van der Waals surface area (Å²) in [5.74, 6) is 0.625. The Balaban J connectivity index is 0.00000121. The normalized spacial score (nSPS) is 25.0. The third kappa shape index (κ3) is 4.92. The summed E-state index contributed by atoms with van der Waals surface area (Å²) in [4.78, 5) is 15.1. The third-order valence-electron chi connectivity index (χ3n) is 6.29. The van der Waals surface area contributed by atoms with E-state index in [0.717, 1.165) is 52.0 Å². The van der Waals surface area contributed by atoms with Gasteiger partial charge in [0.25, 0.3) is 0 Å². The predicted molar refractivity (Wildman–Crippen MR) is 110 cm³/mol. The highest BCUT2D eigenvalue weighted by Gasteiger charge is 2.57. The zero-order valence-electron chi connectivity index (χ0n) is 15.3. The van der Waals surface area contributed by atoms with Crippen molar-refractivity contribution < 1.29 is 4.79 Å². The van der Waals surface area contributed by atoms with Crippen LogP contribution in [0.5, 0.6) is 0 Å². The van der Waals surface area contributed by atoms with Crippen molar-refractivity contribution in [2.24, 2.45) is 11.3 Å². The van der Waals surface area contributed by atoms with Gasteiger partial charge in [-0.25, -0.2) is 0 Å². The van der Waals surface area contributed by atoms with Gasteiger partial charge < -0.3 is 10.6 Å². The van der Waals surface area contributed by atoms with Gasteiger partial charge in [-0.1, -0.05) is 30.3 Å². The Morgan fingerprint density at radius 2 is 1.77 bits per heavy atom. The van der Waals surface area contributed by atoms with Crippen LogP contribution in [0.1, 0.15) is 37.7 Å². The maximum Gasteiger partial charge on any atom is 0.223 e. The summed E-state index contributed by atoms with van der Waals surface area (Å²) in [6.07, 6.45) is 5.65. The Hall–Kier alpha value is -0.810. The molecular formula is C20H31Cl2N3O. The van der Waals surface area contributed by atoms with Crippen molar-refractivity contribution in [2.45, 2.75) is 44.7 Å². The Labute approximate surface area is 169 Å². The quantitative estimate of drug-likeness (QED) is 0.817. The number of halogens is 2. The second-order valence-electron chi connectivity index (χ2n) is 7.91. The van der Waals surface area contributed by atoms with E-state index in [4.69, 9.17) is 0 Å². The molecule has 1 unspecified atom stereocenters. The number of nitrogens with one attached hydrogen (secondary N) is 2. The van der Waals surface area contributed by atoms with Gasteiger partial charge in [-0.2, -0.15) is 0 Å². The molecule has 0 bridgehead atoms. The van der Waals surface area contributed by atoms with Gasteiger partial charge in [0.2, 0.25) is 5.91 Å². The lowest BCUT2D eigenvalue weighted by atomic mass is 9.91. The van der Waals surface area contributed by atoms with E-state index in [1.165, 1.54) is 18.4 Å². The Kier molecular flexibility index (Phi) is 7.77. The van der Waals surface area contributed by atoms with Gasteiger partial charge >= 0.3 is 0 Å². The van der Waals surface area contributed by atoms with Crippen molar-refractivity contribution in [3.63, 3.8) is 0 Å². The fourth-order valence-electron chi connectivity index (χ4n) is 4.57. The first-order chi connectivity index (χ1) is 11.8. The fourth-order valence-corrected chi connectivity index (χ4v) is 4.57. The van der Waals surface area contributed by atoms with E-state index in [2.05, 4.69) is 45.9 Å². The van der Waals surface area contributed by atoms with E-state index in [1.54, 1.807) is 0 Å². The third-order valence-corrected chi connectivity index (χ3v) is 6.29. The van der Waals surface area contributed by atoms with Crippen molar-refractivity contribution in [2.75, 3.05) is 26.2 Å². The molecule has 4 rings (SSSR count). The number of rotatable bonds is 4. The Bertz CT molecular complexity index is 570. The number of likely N-dealkylation sites (tertiary alicyclic amines) is 1. The molecule has 1 aromatic rings. The second kappa shape index (κ2) is 9.41. The number of carbonyl (C=O) groups excluding carboxylic acids is 1. The standard InChI is InChI=1S/C20H29N3O.2ClH/c24-19(18-14-20(18)8-10-21-11-9-20)22-17-6-12-23(13-7-17)15-16-4-2-1-3-5-16;;/h1-5,17-18,21H,6-15H2,(H,22,24);2*1H. The maximum atomic E-state index is 12.6. The number of hydrogen-bond donors (Lipinski definition) is 2. The van der Waals surface area contributed by atoms with Crippen molar-refractivity contribution in [1.82, 2.24) is 15.5 Å². The molecule has 2 aliphatic heterocycles. The lowest BCUT2D eigenvalue weighted by Crippen LogP contribution is -2.45. The number of piperidine rings is 2. The molecule has 1 aromatic carbocycles. The van der Waals surface area contributed by atoms with Crippen LogP contribution in [0.15, 0.2) is 30.3 Å². The van der Waals surface area contributed by atoms with Gasteiger partial charge in [0.15, 0.2) is 0 Å². The number of nitrogens with zero attached hydrogens (tertiary/aromatic N) is 1. The summed E-state index contributed by atoms with van der Waals surface area (Å²) < 4.78 is 0. The molecule has 3 fully saturated rings. The summed E-state index contributed by atoms with van der Waals surface area (Å²) in [5, 5.41) is 6.76. The molecule has 3 aliphatic rings. The van der Waals surface area contributed by atoms with E-state index in [1.807, 2.05) is 0 Å². The smallest absolute Gasteiger partial charge is 0.223 e. The van der Waals surface area contributed by atoms with Crippen molar-refractivity contribution in [3.05, 3.63) is 35.9 Å². The SMILES string of the molecule is Cl.Cl.O=C(NC1CCN(Cc2ccccc2)CC1)C1CC12CCNCC2. The van der Waals surface area contributed by atoms with Crippen LogP contribution in [0.2, 0.25) is 0 Å². The number of amides is 1. The molecule has 2 heterocycles. The van der Waals surface area contributed by atoms with Crippen molar-refractivity contribution in [3.8, 4) is 0 Å². The maximum absolute atomic E-state index is 12.6. The average Bonchev–Trinajstić information content (AvgIpc) is 3.31. The predicted octanol–water partition coefficient (Wildman–Crippen LogP) is 3.00. The topological polar surface area (TPSA) is 44.4 Å². The van der Waals surface area contributed by atoms with E-state index in [9.17, 15) is 4.79 Å². The summed E-state index contributed by atoms with van der Waals surface area (Å²) >= 11 is 0. The zero-order chi connectivity index (χ0) is 16.4. The first-order valence-corrected chi connectivity index (χ1v) is 9.53. The van der Waals surface area contributed by atoms with Gasteiger partial charge in [-0.05, 0) is 56.2 Å². The molecule has 26 heavy (non-hydrogen) atoms. The highest BCUT2D eigenvalue weighted by atomic mass is 35.5. The summed E-state index contributed by atoms with van der Waals surface area (Å²) in [7, 11) is 0. The number of benzene rings is 1.